The minimum Gasteiger partial charge on any atom is -0.520 e. The van der Waals surface area contributed by atoms with Crippen molar-refractivity contribution in [3.8, 4) is 0 Å². The zero-order valence-corrected chi connectivity index (χ0v) is 18.6. The van der Waals surface area contributed by atoms with Crippen LogP contribution in [0.4, 0.5) is 0 Å². The van der Waals surface area contributed by atoms with Crippen molar-refractivity contribution >= 4 is 23.1 Å². The molecule has 0 aromatic heterocycles. The van der Waals surface area contributed by atoms with Gasteiger partial charge in [0.2, 0.25) is 8.32 Å². The number of hydrogen-bond donors (Lipinski definition) is 0. The van der Waals surface area contributed by atoms with E-state index in [9.17, 15) is 4.79 Å². The first-order valence-corrected chi connectivity index (χ1v) is 14.3. The summed E-state index contributed by atoms with van der Waals surface area (Å²) in [6.45, 7) is 15.4. The quantitative estimate of drug-likeness (QED) is 0.432. The van der Waals surface area contributed by atoms with E-state index in [4.69, 9.17) is 17.7 Å². The van der Waals surface area contributed by atoms with Gasteiger partial charge < -0.3 is 22.6 Å². The summed E-state index contributed by atoms with van der Waals surface area (Å²) in [5.74, 6) is -0.0947. The smallest absolute Gasteiger partial charge is 0.500 e. The zero-order valence-electron chi connectivity index (χ0n) is 16.6. The lowest BCUT2D eigenvalue weighted by Crippen LogP contribution is -2.46. The van der Waals surface area contributed by atoms with Gasteiger partial charge in [0.05, 0.1) is 6.42 Å². The largest absolute Gasteiger partial charge is 0.520 e. The van der Waals surface area contributed by atoms with Gasteiger partial charge in [0, 0.05) is 32.4 Å². The lowest BCUT2D eigenvalue weighted by atomic mass is 10.3. The van der Waals surface area contributed by atoms with Gasteiger partial charge in [-0.05, 0) is 60.4 Å². The monoisotopic (exact) mass is 379 g/mol. The van der Waals surface area contributed by atoms with Crippen LogP contribution in [0.25, 0.3) is 0 Å². The van der Waals surface area contributed by atoms with Crippen molar-refractivity contribution in [2.24, 2.45) is 0 Å². The minimum atomic E-state index is -2.55. The van der Waals surface area contributed by atoms with Crippen LogP contribution in [0.2, 0.25) is 25.7 Å². The van der Waals surface area contributed by atoms with Crippen LogP contribution in [0.15, 0.2) is 0 Å². The first-order valence-electron chi connectivity index (χ1n) is 9.00. The molecule has 0 N–H and O–H groups in total. The molecule has 0 unspecified atom stereocenters. The van der Waals surface area contributed by atoms with Crippen LogP contribution in [-0.2, 0) is 22.5 Å². The van der Waals surface area contributed by atoms with Gasteiger partial charge in [-0.25, -0.2) is 0 Å². The number of carbonyl (C=O) groups is 1. The Morgan fingerprint density at radius 2 is 1.42 bits per heavy atom. The third-order valence-electron chi connectivity index (χ3n) is 3.23. The third kappa shape index (κ3) is 11.3. The van der Waals surface area contributed by atoms with Gasteiger partial charge in [-0.2, -0.15) is 0 Å². The molecular weight excluding hydrogens is 342 g/mol. The van der Waals surface area contributed by atoms with Gasteiger partial charge in [-0.3, -0.25) is 4.79 Å². The number of nitrogens with zero attached hydrogens (tertiary/aromatic N) is 1. The van der Waals surface area contributed by atoms with E-state index in [-0.39, 0.29) is 5.97 Å². The Morgan fingerprint density at radius 3 is 1.83 bits per heavy atom. The van der Waals surface area contributed by atoms with Crippen LogP contribution >= 0.6 is 0 Å². The molecule has 144 valence electrons. The Labute approximate surface area is 150 Å². The van der Waals surface area contributed by atoms with Crippen LogP contribution in [0.1, 0.15) is 33.6 Å². The van der Waals surface area contributed by atoms with Crippen LogP contribution < -0.4 is 0 Å². The molecule has 0 amide bonds. The van der Waals surface area contributed by atoms with Crippen molar-refractivity contribution in [3.63, 3.8) is 0 Å². The van der Waals surface area contributed by atoms with Crippen molar-refractivity contribution < 1.29 is 22.5 Å². The highest BCUT2D eigenvalue weighted by Crippen LogP contribution is 2.18. The second-order valence-electron chi connectivity index (χ2n) is 6.73. The third-order valence-corrected chi connectivity index (χ3v) is 7.22. The second-order valence-corrected chi connectivity index (χ2v) is 13.9. The summed E-state index contributed by atoms with van der Waals surface area (Å²) < 4.78 is 23.0. The lowest BCUT2D eigenvalue weighted by Gasteiger charge is -2.29. The van der Waals surface area contributed by atoms with E-state index in [0.717, 1.165) is 19.0 Å². The molecule has 0 aliphatic rings. The predicted octanol–water partition coefficient (Wildman–Crippen LogP) is 3.12. The van der Waals surface area contributed by atoms with E-state index in [1.807, 2.05) is 47.5 Å². The SMILES string of the molecule is CCO[Si](CCCN(C)CCC(=O)O[Si](C)(C)C)(OCC)OCC. The molecule has 0 aromatic carbocycles. The molecule has 0 atom stereocenters. The summed E-state index contributed by atoms with van der Waals surface area (Å²) in [4.78, 5) is 13.9. The van der Waals surface area contributed by atoms with Crippen LogP contribution in [0.5, 0.6) is 0 Å². The van der Waals surface area contributed by atoms with Gasteiger partial charge in [-0.1, -0.05) is 0 Å². The average molecular weight is 380 g/mol. The number of carbonyl (C=O) groups excluding carboxylic acids is 1. The molecule has 24 heavy (non-hydrogen) atoms. The molecule has 0 heterocycles. The highest BCUT2D eigenvalue weighted by molar-refractivity contribution is 6.71. The fourth-order valence-electron chi connectivity index (χ4n) is 2.35. The summed E-state index contributed by atoms with van der Waals surface area (Å²) >= 11 is 0. The molecule has 0 spiro atoms. The van der Waals surface area contributed by atoms with Crippen molar-refractivity contribution in [3.05, 3.63) is 0 Å². The standard InChI is InChI=1S/C16H37NO5Si2/c1-8-19-24(20-9-2,21-10-3)15-11-13-17(4)14-12-16(18)22-23(5,6)7/h8-15H2,1-7H3. The van der Waals surface area contributed by atoms with E-state index in [1.54, 1.807) is 0 Å². The highest BCUT2D eigenvalue weighted by atomic mass is 28.4. The van der Waals surface area contributed by atoms with Gasteiger partial charge in [0.15, 0.2) is 0 Å². The summed E-state index contributed by atoms with van der Waals surface area (Å²) in [7, 11) is -2.31. The predicted molar refractivity (Wildman–Crippen MR) is 102 cm³/mol. The van der Waals surface area contributed by atoms with Crippen LogP contribution in [-0.4, -0.2) is 67.9 Å². The molecule has 6 nitrogen and oxygen atoms in total. The van der Waals surface area contributed by atoms with E-state index >= 15 is 0 Å². The summed E-state index contributed by atoms with van der Waals surface area (Å²) in [6.07, 6.45) is 1.36. The molecular formula is C16H37NO5Si2. The normalized spacial score (nSPS) is 12.7. The molecule has 0 aromatic rings. The molecule has 0 radical (unpaired) electrons. The summed E-state index contributed by atoms with van der Waals surface area (Å²) in [6, 6.07) is 0.798. The molecule has 0 saturated carbocycles. The molecule has 0 rings (SSSR count). The average Bonchev–Trinajstić information content (AvgIpc) is 2.44. The number of hydrogen-bond acceptors (Lipinski definition) is 6. The van der Waals surface area contributed by atoms with Crippen molar-refractivity contribution in [2.45, 2.75) is 59.3 Å². The maximum absolute atomic E-state index is 11.8. The Bertz CT molecular complexity index is 333. The van der Waals surface area contributed by atoms with E-state index in [2.05, 4.69) is 4.90 Å². The first kappa shape index (κ1) is 23.7. The zero-order chi connectivity index (χ0) is 18.6. The first-order chi connectivity index (χ1) is 11.2. The molecule has 8 heteroatoms. The molecule has 0 aliphatic carbocycles. The number of rotatable bonds is 14. The maximum atomic E-state index is 11.8. The van der Waals surface area contributed by atoms with E-state index in [1.165, 1.54) is 0 Å². The second kappa shape index (κ2) is 12.2. The topological polar surface area (TPSA) is 57.2 Å². The fraction of sp³-hybridized carbons (Fsp3) is 0.938. The van der Waals surface area contributed by atoms with Gasteiger partial charge in [0.25, 0.3) is 5.97 Å². The van der Waals surface area contributed by atoms with Crippen molar-refractivity contribution in [1.29, 1.82) is 0 Å². The van der Waals surface area contributed by atoms with E-state index < -0.39 is 17.1 Å². The fourth-order valence-corrected chi connectivity index (χ4v) is 5.73. The van der Waals surface area contributed by atoms with Crippen molar-refractivity contribution in [1.82, 2.24) is 4.90 Å². The van der Waals surface area contributed by atoms with Crippen LogP contribution in [0.3, 0.4) is 0 Å². The molecule has 0 aliphatic heterocycles. The molecule has 0 fully saturated rings. The maximum Gasteiger partial charge on any atom is 0.500 e. The van der Waals surface area contributed by atoms with Gasteiger partial charge in [-0.15, -0.1) is 0 Å². The Hall–Kier alpha value is -0.256. The lowest BCUT2D eigenvalue weighted by molar-refractivity contribution is -0.135. The van der Waals surface area contributed by atoms with Crippen LogP contribution in [0, 0.1) is 0 Å². The Balaban J connectivity index is 4.23. The highest BCUT2D eigenvalue weighted by Gasteiger charge is 2.39. The molecule has 0 bridgehead atoms. The van der Waals surface area contributed by atoms with E-state index in [0.29, 0.717) is 32.8 Å². The van der Waals surface area contributed by atoms with Gasteiger partial charge >= 0.3 is 8.80 Å². The summed E-state index contributed by atoms with van der Waals surface area (Å²) in [5.41, 5.74) is 0. The minimum absolute atomic E-state index is 0.0947. The van der Waals surface area contributed by atoms with Gasteiger partial charge in [0.1, 0.15) is 0 Å². The summed E-state index contributed by atoms with van der Waals surface area (Å²) in [5, 5.41) is 0. The van der Waals surface area contributed by atoms with Crippen molar-refractivity contribution in [2.75, 3.05) is 40.0 Å². The Morgan fingerprint density at radius 1 is 0.917 bits per heavy atom. The molecule has 0 saturated heterocycles. The Kier molecular flexibility index (Phi) is 12.0.